The lowest BCUT2D eigenvalue weighted by atomic mass is 9.95. The van der Waals surface area contributed by atoms with Crippen molar-refractivity contribution in [2.24, 2.45) is 7.05 Å². The van der Waals surface area contributed by atoms with E-state index in [9.17, 15) is 9.59 Å². The lowest BCUT2D eigenvalue weighted by molar-refractivity contribution is -0.159. The maximum absolute atomic E-state index is 12.0. The van der Waals surface area contributed by atoms with Gasteiger partial charge in [-0.1, -0.05) is 0 Å². The van der Waals surface area contributed by atoms with Gasteiger partial charge in [0.15, 0.2) is 0 Å². The Morgan fingerprint density at radius 3 is 2.72 bits per heavy atom. The molecule has 1 aromatic rings. The summed E-state index contributed by atoms with van der Waals surface area (Å²) < 4.78 is 6.80. The summed E-state index contributed by atoms with van der Waals surface area (Å²) in [5, 5.41) is 12.5. The number of ether oxygens (including phenoxy) is 1. The number of aryl methyl sites for hydroxylation is 1. The van der Waals surface area contributed by atoms with Crippen LogP contribution in [0.1, 0.15) is 17.3 Å². The number of likely N-dealkylation sites (tertiary alicyclic amines) is 1. The summed E-state index contributed by atoms with van der Waals surface area (Å²) in [6.07, 6.45) is 3.16. The molecule has 0 bridgehead atoms. The molecule has 0 radical (unpaired) electrons. The topological polar surface area (TPSA) is 84.7 Å². The first-order valence-corrected chi connectivity index (χ1v) is 5.53. The van der Waals surface area contributed by atoms with Gasteiger partial charge < -0.3 is 14.7 Å². The van der Waals surface area contributed by atoms with Crippen LogP contribution in [0.4, 0.5) is 0 Å². The van der Waals surface area contributed by atoms with Crippen molar-refractivity contribution in [1.82, 2.24) is 14.7 Å². The van der Waals surface area contributed by atoms with E-state index in [0.29, 0.717) is 18.7 Å². The largest absolute Gasteiger partial charge is 0.480 e. The molecular weight excluding hydrogens is 238 g/mol. The highest BCUT2D eigenvalue weighted by Crippen LogP contribution is 2.26. The van der Waals surface area contributed by atoms with Crippen LogP contribution < -0.4 is 0 Å². The first kappa shape index (κ1) is 12.6. The molecule has 1 aromatic heterocycles. The van der Waals surface area contributed by atoms with E-state index >= 15 is 0 Å². The van der Waals surface area contributed by atoms with Crippen LogP contribution in [0.25, 0.3) is 0 Å². The van der Waals surface area contributed by atoms with E-state index in [2.05, 4.69) is 5.10 Å². The molecule has 1 N–H and O–H groups in total. The minimum atomic E-state index is -1.01. The van der Waals surface area contributed by atoms with Gasteiger partial charge in [-0.3, -0.25) is 9.48 Å². The lowest BCUT2D eigenvalue weighted by Gasteiger charge is -2.47. The van der Waals surface area contributed by atoms with E-state index in [0.717, 1.165) is 0 Å². The number of carboxylic acid groups (broad SMARTS) is 1. The van der Waals surface area contributed by atoms with Gasteiger partial charge in [-0.15, -0.1) is 0 Å². The number of nitrogens with zero attached hydrogens (tertiary/aromatic N) is 3. The van der Waals surface area contributed by atoms with Gasteiger partial charge in [-0.2, -0.15) is 5.10 Å². The van der Waals surface area contributed by atoms with E-state index in [-0.39, 0.29) is 12.5 Å². The van der Waals surface area contributed by atoms with Crippen molar-refractivity contribution in [2.45, 2.75) is 12.5 Å². The minimum Gasteiger partial charge on any atom is -0.480 e. The molecule has 7 heteroatoms. The molecular formula is C11H15N3O4. The zero-order valence-electron chi connectivity index (χ0n) is 10.3. The van der Waals surface area contributed by atoms with E-state index in [1.165, 1.54) is 6.20 Å². The first-order valence-electron chi connectivity index (χ1n) is 5.53. The van der Waals surface area contributed by atoms with Gasteiger partial charge in [-0.25, -0.2) is 4.79 Å². The fraction of sp³-hybridized carbons (Fsp3) is 0.545. The van der Waals surface area contributed by atoms with Crippen LogP contribution >= 0.6 is 0 Å². The van der Waals surface area contributed by atoms with Crippen molar-refractivity contribution < 1.29 is 19.4 Å². The number of aliphatic carboxylic acids is 1. The van der Waals surface area contributed by atoms with Gasteiger partial charge in [-0.05, 0) is 6.92 Å². The highest BCUT2D eigenvalue weighted by atomic mass is 16.5. The molecule has 2 rings (SSSR count). The maximum atomic E-state index is 12.0. The Bertz CT molecular complexity index is 476. The van der Waals surface area contributed by atoms with Crippen LogP contribution in [0.2, 0.25) is 0 Å². The number of amides is 1. The molecule has 0 aromatic carbocycles. The Hall–Kier alpha value is -1.89. The average molecular weight is 253 g/mol. The van der Waals surface area contributed by atoms with E-state index in [1.54, 1.807) is 29.7 Å². The number of aromatic nitrogens is 2. The summed E-state index contributed by atoms with van der Waals surface area (Å²) in [5.41, 5.74) is -0.0335. The van der Waals surface area contributed by atoms with E-state index < -0.39 is 11.6 Å². The van der Waals surface area contributed by atoms with E-state index in [1.807, 2.05) is 0 Å². The summed E-state index contributed by atoms with van der Waals surface area (Å²) >= 11 is 0. The average Bonchev–Trinajstić information content (AvgIpc) is 2.68. The van der Waals surface area contributed by atoms with Gasteiger partial charge in [0.2, 0.25) is 0 Å². The van der Waals surface area contributed by atoms with Crippen molar-refractivity contribution in [2.75, 3.05) is 19.7 Å². The van der Waals surface area contributed by atoms with Gasteiger partial charge in [0.25, 0.3) is 5.91 Å². The summed E-state index contributed by atoms with van der Waals surface area (Å²) in [7, 11) is 1.74. The highest BCUT2D eigenvalue weighted by molar-refractivity contribution is 5.94. The molecule has 1 aliphatic rings. The van der Waals surface area contributed by atoms with Gasteiger partial charge in [0.1, 0.15) is 12.2 Å². The number of rotatable bonds is 4. The highest BCUT2D eigenvalue weighted by Gasteiger charge is 2.43. The SMILES string of the molecule is Cn1cc(C(=O)N2CC(C)(OCC(=O)O)C2)cn1. The summed E-state index contributed by atoms with van der Waals surface area (Å²) in [6.45, 7) is 2.25. The second-order valence-electron chi connectivity index (χ2n) is 4.70. The zero-order chi connectivity index (χ0) is 13.3. The Labute approximate surface area is 104 Å². The van der Waals surface area contributed by atoms with Crippen molar-refractivity contribution in [3.8, 4) is 0 Å². The molecule has 2 heterocycles. The Morgan fingerprint density at radius 2 is 2.22 bits per heavy atom. The molecule has 1 saturated heterocycles. The molecule has 0 unspecified atom stereocenters. The molecule has 1 amide bonds. The van der Waals surface area contributed by atoms with Crippen LogP contribution in [0.15, 0.2) is 12.4 Å². The van der Waals surface area contributed by atoms with Gasteiger partial charge >= 0.3 is 5.97 Å². The Kier molecular flexibility index (Phi) is 3.08. The van der Waals surface area contributed by atoms with Crippen LogP contribution in [0.5, 0.6) is 0 Å². The number of carbonyl (C=O) groups is 2. The fourth-order valence-electron chi connectivity index (χ4n) is 1.95. The third kappa shape index (κ3) is 2.51. The maximum Gasteiger partial charge on any atom is 0.329 e. The monoisotopic (exact) mass is 253 g/mol. The Morgan fingerprint density at radius 1 is 1.56 bits per heavy atom. The molecule has 0 atom stereocenters. The van der Waals surface area contributed by atoms with Crippen molar-refractivity contribution in [1.29, 1.82) is 0 Å². The number of hydrogen-bond donors (Lipinski definition) is 1. The van der Waals surface area contributed by atoms with Crippen LogP contribution in [-0.4, -0.2) is 57.0 Å². The molecule has 1 aliphatic heterocycles. The molecule has 98 valence electrons. The second kappa shape index (κ2) is 4.41. The van der Waals surface area contributed by atoms with Crippen LogP contribution in [0, 0.1) is 0 Å². The molecule has 0 aliphatic carbocycles. The molecule has 1 fully saturated rings. The second-order valence-corrected chi connectivity index (χ2v) is 4.70. The van der Waals surface area contributed by atoms with Crippen molar-refractivity contribution >= 4 is 11.9 Å². The number of carbonyl (C=O) groups excluding carboxylic acids is 1. The van der Waals surface area contributed by atoms with Crippen molar-refractivity contribution in [3.05, 3.63) is 18.0 Å². The van der Waals surface area contributed by atoms with Gasteiger partial charge in [0, 0.05) is 13.2 Å². The zero-order valence-corrected chi connectivity index (χ0v) is 10.3. The fourth-order valence-corrected chi connectivity index (χ4v) is 1.95. The molecule has 0 spiro atoms. The van der Waals surface area contributed by atoms with Crippen LogP contribution in [0.3, 0.4) is 0 Å². The van der Waals surface area contributed by atoms with Crippen molar-refractivity contribution in [3.63, 3.8) is 0 Å². The minimum absolute atomic E-state index is 0.112. The third-order valence-electron chi connectivity index (χ3n) is 2.83. The Balaban J connectivity index is 1.88. The lowest BCUT2D eigenvalue weighted by Crippen LogP contribution is -2.63. The summed E-state index contributed by atoms with van der Waals surface area (Å²) in [6, 6.07) is 0. The molecule has 7 nitrogen and oxygen atoms in total. The predicted octanol–water partition coefficient (Wildman–Crippen LogP) is -0.264. The normalized spacial score (nSPS) is 17.3. The standard InChI is InChI=1S/C11H15N3O4/c1-11(18-5-9(15)16)6-14(7-11)10(17)8-3-12-13(2)4-8/h3-4H,5-7H2,1-2H3,(H,15,16). The first-order chi connectivity index (χ1) is 8.39. The number of carboxylic acids is 1. The predicted molar refractivity (Wildman–Crippen MR) is 61.1 cm³/mol. The van der Waals surface area contributed by atoms with Gasteiger partial charge in [0.05, 0.1) is 24.8 Å². The molecule has 18 heavy (non-hydrogen) atoms. The summed E-state index contributed by atoms with van der Waals surface area (Å²) in [5.74, 6) is -1.12. The third-order valence-corrected chi connectivity index (χ3v) is 2.83. The molecule has 0 saturated carbocycles. The summed E-state index contributed by atoms with van der Waals surface area (Å²) in [4.78, 5) is 24.0. The smallest absolute Gasteiger partial charge is 0.329 e. The van der Waals surface area contributed by atoms with Crippen LogP contribution in [-0.2, 0) is 16.6 Å². The number of hydrogen-bond acceptors (Lipinski definition) is 4. The van der Waals surface area contributed by atoms with E-state index in [4.69, 9.17) is 9.84 Å². The quantitative estimate of drug-likeness (QED) is 0.798.